The third-order valence-electron chi connectivity index (χ3n) is 4.61. The predicted molar refractivity (Wildman–Crippen MR) is 129 cm³/mol. The zero-order valence-electron chi connectivity index (χ0n) is 18.2. The number of nitriles is 1. The molecule has 168 valence electrons. The summed E-state index contributed by atoms with van der Waals surface area (Å²) in [5.74, 6) is 0.121. The molecule has 0 bridgehead atoms. The van der Waals surface area contributed by atoms with Crippen molar-refractivity contribution in [1.82, 2.24) is 0 Å². The summed E-state index contributed by atoms with van der Waals surface area (Å²) in [7, 11) is 0. The highest BCUT2D eigenvalue weighted by molar-refractivity contribution is 9.10. The van der Waals surface area contributed by atoms with Crippen LogP contribution in [0.15, 0.2) is 70.7 Å². The van der Waals surface area contributed by atoms with Crippen molar-refractivity contribution in [2.75, 3.05) is 11.9 Å². The van der Waals surface area contributed by atoms with Gasteiger partial charge in [0.15, 0.2) is 11.5 Å². The van der Waals surface area contributed by atoms with Crippen LogP contribution in [0.4, 0.5) is 10.1 Å². The molecule has 0 aliphatic carbocycles. The van der Waals surface area contributed by atoms with E-state index in [0.717, 1.165) is 11.1 Å². The van der Waals surface area contributed by atoms with Gasteiger partial charge in [-0.2, -0.15) is 5.26 Å². The first-order valence-corrected chi connectivity index (χ1v) is 11.0. The summed E-state index contributed by atoms with van der Waals surface area (Å²) in [6.07, 6.45) is 1.49. The van der Waals surface area contributed by atoms with Gasteiger partial charge in [-0.15, -0.1) is 0 Å². The quantitative estimate of drug-likeness (QED) is 0.281. The third-order valence-corrected chi connectivity index (χ3v) is 5.30. The molecule has 0 saturated heterocycles. The standard InChI is InChI=1S/C26H22BrFN2O3/c1-3-32-24-13-19(12-20(15-29)26(31)30-22-6-4-5-17(2)11-22)23(27)14-25(24)33-16-18-7-9-21(28)10-8-18/h4-14H,3,16H2,1-2H3,(H,30,31)/b20-12+. The maximum Gasteiger partial charge on any atom is 0.266 e. The molecule has 3 aromatic rings. The highest BCUT2D eigenvalue weighted by Crippen LogP contribution is 2.35. The monoisotopic (exact) mass is 508 g/mol. The van der Waals surface area contributed by atoms with Gasteiger partial charge in [0.25, 0.3) is 5.91 Å². The van der Waals surface area contributed by atoms with Crippen LogP contribution in [0, 0.1) is 24.1 Å². The number of ether oxygens (including phenoxy) is 2. The van der Waals surface area contributed by atoms with Crippen molar-refractivity contribution in [3.05, 3.63) is 93.2 Å². The first-order valence-electron chi connectivity index (χ1n) is 10.2. The molecule has 0 heterocycles. The number of benzene rings is 3. The van der Waals surface area contributed by atoms with E-state index in [9.17, 15) is 14.4 Å². The highest BCUT2D eigenvalue weighted by atomic mass is 79.9. The molecule has 1 amide bonds. The molecule has 7 heteroatoms. The fourth-order valence-corrected chi connectivity index (χ4v) is 3.45. The molecule has 1 N–H and O–H groups in total. The van der Waals surface area contributed by atoms with E-state index in [2.05, 4.69) is 21.2 Å². The largest absolute Gasteiger partial charge is 0.490 e. The Morgan fingerprint density at radius 2 is 1.85 bits per heavy atom. The molecule has 0 unspecified atom stereocenters. The SMILES string of the molecule is CCOc1cc(/C=C(\C#N)C(=O)Nc2cccc(C)c2)c(Br)cc1OCc1ccc(F)cc1. The zero-order valence-corrected chi connectivity index (χ0v) is 19.8. The molecule has 0 saturated carbocycles. The maximum absolute atomic E-state index is 13.1. The second kappa shape index (κ2) is 11.3. The molecule has 0 fully saturated rings. The van der Waals surface area contributed by atoms with Crippen LogP contribution in [-0.2, 0) is 11.4 Å². The summed E-state index contributed by atoms with van der Waals surface area (Å²) in [6.45, 7) is 4.39. The summed E-state index contributed by atoms with van der Waals surface area (Å²) >= 11 is 3.48. The van der Waals surface area contributed by atoms with Crippen molar-refractivity contribution in [2.24, 2.45) is 0 Å². The van der Waals surface area contributed by atoms with Gasteiger partial charge in [-0.3, -0.25) is 4.79 Å². The van der Waals surface area contributed by atoms with Crippen molar-refractivity contribution in [3.63, 3.8) is 0 Å². The van der Waals surface area contributed by atoms with Crippen LogP contribution in [0.5, 0.6) is 11.5 Å². The second-order valence-corrected chi connectivity index (χ2v) is 8.02. The van der Waals surface area contributed by atoms with E-state index in [0.29, 0.717) is 33.8 Å². The first-order chi connectivity index (χ1) is 15.9. The fraction of sp³-hybridized carbons (Fsp3) is 0.154. The van der Waals surface area contributed by atoms with Crippen molar-refractivity contribution in [2.45, 2.75) is 20.5 Å². The summed E-state index contributed by atoms with van der Waals surface area (Å²) in [5.41, 5.74) is 2.94. The van der Waals surface area contributed by atoms with Crippen molar-refractivity contribution in [1.29, 1.82) is 5.26 Å². The molecule has 0 radical (unpaired) electrons. The predicted octanol–water partition coefficient (Wildman–Crippen LogP) is 6.42. The Balaban J connectivity index is 1.84. The van der Waals surface area contributed by atoms with Gasteiger partial charge < -0.3 is 14.8 Å². The van der Waals surface area contributed by atoms with Crippen LogP contribution in [0.2, 0.25) is 0 Å². The van der Waals surface area contributed by atoms with Gasteiger partial charge in [-0.05, 0) is 73.0 Å². The Hall–Kier alpha value is -3.63. The maximum atomic E-state index is 13.1. The zero-order chi connectivity index (χ0) is 23.8. The molecule has 3 aromatic carbocycles. The summed E-state index contributed by atoms with van der Waals surface area (Å²) < 4.78 is 25.3. The topological polar surface area (TPSA) is 71.3 Å². The number of anilines is 1. The average Bonchev–Trinajstić information content (AvgIpc) is 2.79. The Morgan fingerprint density at radius 3 is 2.52 bits per heavy atom. The molecular formula is C26H22BrFN2O3. The fourth-order valence-electron chi connectivity index (χ4n) is 3.01. The number of halogens is 2. The molecule has 0 aliphatic heterocycles. The smallest absolute Gasteiger partial charge is 0.266 e. The first kappa shape index (κ1) is 24.0. The Kier molecular flexibility index (Phi) is 8.22. The Morgan fingerprint density at radius 1 is 1.12 bits per heavy atom. The van der Waals surface area contributed by atoms with Gasteiger partial charge in [-0.25, -0.2) is 4.39 Å². The Labute approximate surface area is 200 Å². The van der Waals surface area contributed by atoms with Gasteiger partial charge in [0.2, 0.25) is 0 Å². The van der Waals surface area contributed by atoms with E-state index in [-0.39, 0.29) is 18.0 Å². The van der Waals surface area contributed by atoms with Crippen LogP contribution in [0.1, 0.15) is 23.6 Å². The second-order valence-electron chi connectivity index (χ2n) is 7.16. The van der Waals surface area contributed by atoms with E-state index in [4.69, 9.17) is 9.47 Å². The van der Waals surface area contributed by atoms with E-state index < -0.39 is 5.91 Å². The minimum absolute atomic E-state index is 0.0559. The number of rotatable bonds is 8. The number of nitrogens with one attached hydrogen (secondary N) is 1. The number of carbonyl (C=O) groups is 1. The number of carbonyl (C=O) groups excluding carboxylic acids is 1. The highest BCUT2D eigenvalue weighted by Gasteiger charge is 2.14. The molecule has 5 nitrogen and oxygen atoms in total. The number of hydrogen-bond donors (Lipinski definition) is 1. The number of amides is 1. The van der Waals surface area contributed by atoms with E-state index >= 15 is 0 Å². The molecular weight excluding hydrogens is 487 g/mol. The van der Waals surface area contributed by atoms with Crippen LogP contribution < -0.4 is 14.8 Å². The number of hydrogen-bond acceptors (Lipinski definition) is 4. The van der Waals surface area contributed by atoms with Crippen LogP contribution in [-0.4, -0.2) is 12.5 Å². The molecule has 33 heavy (non-hydrogen) atoms. The van der Waals surface area contributed by atoms with Gasteiger partial charge in [0.05, 0.1) is 6.61 Å². The van der Waals surface area contributed by atoms with Crippen LogP contribution in [0.3, 0.4) is 0 Å². The van der Waals surface area contributed by atoms with Gasteiger partial charge >= 0.3 is 0 Å². The third kappa shape index (κ3) is 6.67. The van der Waals surface area contributed by atoms with Crippen molar-refractivity contribution < 1.29 is 18.7 Å². The van der Waals surface area contributed by atoms with E-state index in [1.165, 1.54) is 18.2 Å². The van der Waals surface area contributed by atoms with Crippen molar-refractivity contribution >= 4 is 33.6 Å². The number of aryl methyl sites for hydroxylation is 1. The van der Waals surface area contributed by atoms with Crippen LogP contribution in [0.25, 0.3) is 6.08 Å². The van der Waals surface area contributed by atoms with Crippen LogP contribution >= 0.6 is 15.9 Å². The average molecular weight is 509 g/mol. The normalized spacial score (nSPS) is 10.9. The number of nitrogens with zero attached hydrogens (tertiary/aromatic N) is 1. The molecule has 0 aromatic heterocycles. The van der Waals surface area contributed by atoms with Gasteiger partial charge in [0.1, 0.15) is 24.1 Å². The lowest BCUT2D eigenvalue weighted by molar-refractivity contribution is -0.112. The molecule has 0 atom stereocenters. The summed E-state index contributed by atoms with van der Waals surface area (Å²) in [6, 6.07) is 18.7. The molecule has 0 aliphatic rings. The lowest BCUT2D eigenvalue weighted by Gasteiger charge is -2.14. The van der Waals surface area contributed by atoms with Gasteiger partial charge in [-0.1, -0.05) is 40.2 Å². The lowest BCUT2D eigenvalue weighted by Crippen LogP contribution is -2.13. The minimum atomic E-state index is -0.510. The minimum Gasteiger partial charge on any atom is -0.490 e. The molecule has 3 rings (SSSR count). The van der Waals surface area contributed by atoms with Gasteiger partial charge in [0, 0.05) is 10.2 Å². The Bertz CT molecular complexity index is 1220. The lowest BCUT2D eigenvalue weighted by atomic mass is 10.1. The summed E-state index contributed by atoms with van der Waals surface area (Å²) in [4.78, 5) is 12.6. The molecule has 0 spiro atoms. The van der Waals surface area contributed by atoms with E-state index in [1.54, 1.807) is 30.3 Å². The van der Waals surface area contributed by atoms with E-state index in [1.807, 2.05) is 38.1 Å². The summed E-state index contributed by atoms with van der Waals surface area (Å²) in [5, 5.41) is 12.3. The van der Waals surface area contributed by atoms with Crippen molar-refractivity contribution in [3.8, 4) is 17.6 Å².